The Hall–Kier alpha value is -0.720. The summed E-state index contributed by atoms with van der Waals surface area (Å²) in [6.45, 7) is 5.88. The third kappa shape index (κ3) is 2.99. The lowest BCUT2D eigenvalue weighted by atomic mass is 10.2. The first-order chi connectivity index (χ1) is 8.59. The summed E-state index contributed by atoms with van der Waals surface area (Å²) >= 11 is 8.59. The van der Waals surface area contributed by atoms with Crippen LogP contribution in [0.5, 0.6) is 0 Å². The van der Waals surface area contributed by atoms with Crippen molar-refractivity contribution in [2.45, 2.75) is 13.0 Å². The molecule has 1 aromatic rings. The third-order valence-electron chi connectivity index (χ3n) is 3.31. The van der Waals surface area contributed by atoms with Gasteiger partial charge in [-0.1, -0.05) is 12.2 Å². The Balaban J connectivity index is 1.99. The molecule has 18 heavy (non-hydrogen) atoms. The molecule has 0 spiro atoms. The van der Waals surface area contributed by atoms with Crippen LogP contribution in [0.2, 0.25) is 0 Å². The van der Waals surface area contributed by atoms with E-state index in [4.69, 9.17) is 18.0 Å². The van der Waals surface area contributed by atoms with Crippen molar-refractivity contribution in [3.05, 3.63) is 22.8 Å². The van der Waals surface area contributed by atoms with Gasteiger partial charge in [-0.2, -0.15) is 0 Å². The van der Waals surface area contributed by atoms with Gasteiger partial charge in [0.1, 0.15) is 5.82 Å². The zero-order valence-electron chi connectivity index (χ0n) is 10.3. The van der Waals surface area contributed by atoms with Crippen LogP contribution in [0.1, 0.15) is 6.92 Å². The molecule has 2 rings (SSSR count). The van der Waals surface area contributed by atoms with Gasteiger partial charge in [-0.15, -0.1) is 0 Å². The summed E-state index contributed by atoms with van der Waals surface area (Å²) in [5.41, 5.74) is 5.69. The summed E-state index contributed by atoms with van der Waals surface area (Å²) in [5, 5.41) is 0. The zero-order chi connectivity index (χ0) is 13.1. The van der Waals surface area contributed by atoms with E-state index in [1.54, 1.807) is 0 Å². The quantitative estimate of drug-likeness (QED) is 0.855. The van der Waals surface area contributed by atoms with Crippen molar-refractivity contribution in [3.63, 3.8) is 0 Å². The number of aromatic nitrogens is 1. The molecule has 98 valence electrons. The van der Waals surface area contributed by atoms with E-state index in [1.165, 1.54) is 0 Å². The molecule has 0 bridgehead atoms. The first-order valence-electron chi connectivity index (χ1n) is 5.98. The SMILES string of the molecule is CC(C(N)=S)N1CCN(c2ncccc2Br)CC1. The fraction of sp³-hybridized carbons (Fsp3) is 0.500. The van der Waals surface area contributed by atoms with Gasteiger partial charge in [-0.25, -0.2) is 4.98 Å². The van der Waals surface area contributed by atoms with E-state index in [9.17, 15) is 0 Å². The molecule has 4 nitrogen and oxygen atoms in total. The number of anilines is 1. The Bertz CT molecular complexity index is 432. The summed E-state index contributed by atoms with van der Waals surface area (Å²) in [6.07, 6.45) is 1.82. The van der Waals surface area contributed by atoms with Crippen LogP contribution in [-0.2, 0) is 0 Å². The average Bonchev–Trinajstić information content (AvgIpc) is 2.38. The molecule has 2 N–H and O–H groups in total. The molecule has 1 atom stereocenters. The molecular formula is C12H17BrN4S. The molecule has 1 aliphatic heterocycles. The van der Waals surface area contributed by atoms with E-state index in [0.29, 0.717) is 4.99 Å². The first kappa shape index (κ1) is 13.7. The van der Waals surface area contributed by atoms with Crippen molar-refractivity contribution >= 4 is 39.0 Å². The third-order valence-corrected chi connectivity index (χ3v) is 4.27. The molecule has 1 saturated heterocycles. The molecule has 0 saturated carbocycles. The minimum Gasteiger partial charge on any atom is -0.392 e. The van der Waals surface area contributed by atoms with Gasteiger partial charge in [0.15, 0.2) is 0 Å². The number of hydrogen-bond donors (Lipinski definition) is 1. The van der Waals surface area contributed by atoms with Crippen LogP contribution in [0.15, 0.2) is 22.8 Å². The van der Waals surface area contributed by atoms with Crippen LogP contribution in [0, 0.1) is 0 Å². The zero-order valence-corrected chi connectivity index (χ0v) is 12.7. The highest BCUT2D eigenvalue weighted by atomic mass is 79.9. The largest absolute Gasteiger partial charge is 0.392 e. The van der Waals surface area contributed by atoms with Crippen molar-refractivity contribution in [3.8, 4) is 0 Å². The van der Waals surface area contributed by atoms with Crippen molar-refractivity contribution in [1.82, 2.24) is 9.88 Å². The fourth-order valence-electron chi connectivity index (χ4n) is 2.11. The Labute approximate surface area is 121 Å². The molecule has 0 aliphatic carbocycles. The van der Waals surface area contributed by atoms with Crippen molar-refractivity contribution < 1.29 is 0 Å². The van der Waals surface area contributed by atoms with E-state index in [0.717, 1.165) is 36.5 Å². The molecule has 0 radical (unpaired) electrons. The Morgan fingerprint density at radius 1 is 1.44 bits per heavy atom. The predicted octanol–water partition coefficient (Wildman–Crippen LogP) is 1.64. The first-order valence-corrected chi connectivity index (χ1v) is 7.18. The molecule has 1 fully saturated rings. The highest BCUT2D eigenvalue weighted by molar-refractivity contribution is 9.10. The van der Waals surface area contributed by atoms with Gasteiger partial charge in [0, 0.05) is 32.4 Å². The molecule has 1 unspecified atom stereocenters. The summed E-state index contributed by atoms with van der Waals surface area (Å²) < 4.78 is 1.04. The second-order valence-electron chi connectivity index (χ2n) is 4.41. The number of pyridine rings is 1. The summed E-state index contributed by atoms with van der Waals surface area (Å²) in [4.78, 5) is 9.59. The minimum absolute atomic E-state index is 0.175. The number of nitrogens with two attached hydrogens (primary N) is 1. The number of halogens is 1. The lowest BCUT2D eigenvalue weighted by Gasteiger charge is -2.38. The predicted molar refractivity (Wildman–Crippen MR) is 82.0 cm³/mol. The molecule has 1 aliphatic rings. The number of rotatable bonds is 3. The minimum atomic E-state index is 0.175. The van der Waals surface area contributed by atoms with Crippen LogP contribution in [-0.4, -0.2) is 47.1 Å². The van der Waals surface area contributed by atoms with Crippen LogP contribution in [0.4, 0.5) is 5.82 Å². The monoisotopic (exact) mass is 328 g/mol. The van der Waals surface area contributed by atoms with Crippen LogP contribution >= 0.6 is 28.1 Å². The summed E-state index contributed by atoms with van der Waals surface area (Å²) in [7, 11) is 0. The van der Waals surface area contributed by atoms with Crippen LogP contribution in [0.3, 0.4) is 0 Å². The number of nitrogens with zero attached hydrogens (tertiary/aromatic N) is 3. The molecule has 0 amide bonds. The molecule has 6 heteroatoms. The van der Waals surface area contributed by atoms with E-state index >= 15 is 0 Å². The number of hydrogen-bond acceptors (Lipinski definition) is 4. The van der Waals surface area contributed by atoms with Crippen LogP contribution in [0.25, 0.3) is 0 Å². The van der Waals surface area contributed by atoms with Gasteiger partial charge in [-0.3, -0.25) is 4.90 Å². The smallest absolute Gasteiger partial charge is 0.142 e. The lowest BCUT2D eigenvalue weighted by molar-refractivity contribution is 0.238. The second-order valence-corrected chi connectivity index (χ2v) is 5.74. The lowest BCUT2D eigenvalue weighted by Crippen LogP contribution is -2.53. The highest BCUT2D eigenvalue weighted by Gasteiger charge is 2.23. The van der Waals surface area contributed by atoms with E-state index in [1.807, 2.05) is 18.3 Å². The molecule has 0 aromatic carbocycles. The van der Waals surface area contributed by atoms with Gasteiger partial charge in [0.2, 0.25) is 0 Å². The average molecular weight is 329 g/mol. The number of piperazine rings is 1. The Kier molecular flexibility index (Phi) is 4.53. The Morgan fingerprint density at radius 2 is 2.11 bits per heavy atom. The maximum atomic E-state index is 5.69. The van der Waals surface area contributed by atoms with E-state index in [-0.39, 0.29) is 6.04 Å². The number of thiocarbonyl (C=S) groups is 1. The van der Waals surface area contributed by atoms with E-state index < -0.39 is 0 Å². The topological polar surface area (TPSA) is 45.4 Å². The molecule has 1 aromatic heterocycles. The maximum Gasteiger partial charge on any atom is 0.142 e. The van der Waals surface area contributed by atoms with Gasteiger partial charge in [0.25, 0.3) is 0 Å². The van der Waals surface area contributed by atoms with Gasteiger partial charge in [-0.05, 0) is 35.0 Å². The van der Waals surface area contributed by atoms with E-state index in [2.05, 4.69) is 37.6 Å². The highest BCUT2D eigenvalue weighted by Crippen LogP contribution is 2.24. The van der Waals surface area contributed by atoms with Crippen molar-refractivity contribution in [1.29, 1.82) is 0 Å². The normalized spacial score (nSPS) is 18.7. The summed E-state index contributed by atoms with van der Waals surface area (Å²) in [5.74, 6) is 1.01. The summed E-state index contributed by atoms with van der Waals surface area (Å²) in [6, 6.07) is 4.12. The fourth-order valence-corrected chi connectivity index (χ4v) is 2.77. The van der Waals surface area contributed by atoms with Crippen LogP contribution < -0.4 is 10.6 Å². The standard InChI is InChI=1S/C12H17BrN4S/c1-9(11(14)18)16-5-7-17(8-6-16)12-10(13)3-2-4-15-12/h2-4,9H,5-8H2,1H3,(H2,14,18). The molecule has 2 heterocycles. The molecular weight excluding hydrogens is 312 g/mol. The van der Waals surface area contributed by atoms with Gasteiger partial charge in [0.05, 0.1) is 15.5 Å². The van der Waals surface area contributed by atoms with Gasteiger partial charge >= 0.3 is 0 Å². The maximum absolute atomic E-state index is 5.69. The van der Waals surface area contributed by atoms with Crippen molar-refractivity contribution in [2.24, 2.45) is 5.73 Å². The Morgan fingerprint density at radius 3 is 2.67 bits per heavy atom. The van der Waals surface area contributed by atoms with Gasteiger partial charge < -0.3 is 10.6 Å². The van der Waals surface area contributed by atoms with Crippen molar-refractivity contribution in [2.75, 3.05) is 31.1 Å². The second kappa shape index (κ2) is 5.95.